The molecule has 0 saturated carbocycles. The van der Waals surface area contributed by atoms with Gasteiger partial charge >= 0.3 is 12.0 Å². The van der Waals surface area contributed by atoms with Gasteiger partial charge in [-0.15, -0.1) is 11.3 Å². The number of nitrogens with one attached hydrogen (secondary N) is 1. The van der Waals surface area contributed by atoms with E-state index in [-0.39, 0.29) is 23.8 Å². The number of rotatable bonds is 7. The monoisotopic (exact) mass is 622 g/mol. The number of Topliss-reactive ketones (excluding diaryl/α,β-unsaturated/α-hetero) is 1. The number of halogens is 1. The van der Waals surface area contributed by atoms with Gasteiger partial charge in [0.15, 0.2) is 5.78 Å². The number of amidine groups is 1. The number of urea groups is 1. The number of aliphatic imine (C=N–C) groups is 1. The standard InChI is InChI=1S/C31H31ClN4O6S/c1-31(2,3)42-23-15-19(22(37)16-26(39)40)8-11-21(23)29-34-27(18-6-9-20(32)10-7-18)28(24-5-4-14-43-24)36(29)30(41)35-13-12-33-25(38)17-35/h4-11,14-15,27-28H,12-13,16-17H2,1-3H3,(H,33,38)(H,39,40). The number of nitrogens with zero attached hydrogens (tertiary/aromatic N) is 3. The van der Waals surface area contributed by atoms with Crippen molar-refractivity contribution in [2.75, 3.05) is 19.6 Å². The predicted molar refractivity (Wildman–Crippen MR) is 163 cm³/mol. The van der Waals surface area contributed by atoms with Crippen LogP contribution in [0.4, 0.5) is 4.79 Å². The summed E-state index contributed by atoms with van der Waals surface area (Å²) in [6.07, 6.45) is -0.671. The first kappa shape index (κ1) is 30.2. The number of ketones is 1. The highest BCUT2D eigenvalue weighted by atomic mass is 35.5. The largest absolute Gasteiger partial charge is 0.487 e. The minimum absolute atomic E-state index is 0.0979. The van der Waals surface area contributed by atoms with Crippen molar-refractivity contribution >= 4 is 52.5 Å². The minimum Gasteiger partial charge on any atom is -0.487 e. The number of carbonyl (C=O) groups excluding carboxylic acids is 3. The fraction of sp³-hybridized carbons (Fsp3) is 0.323. The number of aliphatic carboxylic acids is 1. The lowest BCUT2D eigenvalue weighted by atomic mass is 9.98. The van der Waals surface area contributed by atoms with Crippen molar-refractivity contribution in [1.29, 1.82) is 0 Å². The topological polar surface area (TPSA) is 129 Å². The van der Waals surface area contributed by atoms with Crippen LogP contribution >= 0.6 is 22.9 Å². The third-order valence-corrected chi connectivity index (χ3v) is 8.10. The Kier molecular flexibility index (Phi) is 8.57. The molecule has 0 bridgehead atoms. The van der Waals surface area contributed by atoms with Gasteiger partial charge in [-0.05, 0) is 62.0 Å². The average molecular weight is 623 g/mol. The summed E-state index contributed by atoms with van der Waals surface area (Å²) in [4.78, 5) is 59.7. The number of thiophene rings is 1. The normalized spacial score (nSPS) is 18.7. The number of carboxylic acid groups (broad SMARTS) is 1. The maximum atomic E-state index is 14.4. The first-order valence-corrected chi connectivity index (χ1v) is 15.0. The maximum Gasteiger partial charge on any atom is 0.326 e. The Labute approximate surface area is 257 Å². The van der Waals surface area contributed by atoms with Crippen LogP contribution in [0.5, 0.6) is 5.75 Å². The lowest BCUT2D eigenvalue weighted by Gasteiger charge is -2.35. The summed E-state index contributed by atoms with van der Waals surface area (Å²) in [5.74, 6) is -1.48. The lowest BCUT2D eigenvalue weighted by molar-refractivity contribution is -0.136. The summed E-state index contributed by atoms with van der Waals surface area (Å²) in [6.45, 7) is 6.09. The fourth-order valence-corrected chi connectivity index (χ4v) is 6.07. The molecule has 2 atom stereocenters. The quantitative estimate of drug-likeness (QED) is 0.271. The summed E-state index contributed by atoms with van der Waals surface area (Å²) >= 11 is 7.69. The van der Waals surface area contributed by atoms with Crippen LogP contribution in [0.1, 0.15) is 65.6 Å². The van der Waals surface area contributed by atoms with Gasteiger partial charge in [0.05, 0.1) is 5.56 Å². The molecule has 12 heteroatoms. The van der Waals surface area contributed by atoms with Crippen LogP contribution < -0.4 is 10.1 Å². The van der Waals surface area contributed by atoms with Gasteiger partial charge in [-0.1, -0.05) is 35.9 Å². The van der Waals surface area contributed by atoms with Gasteiger partial charge < -0.3 is 20.1 Å². The fourth-order valence-electron chi connectivity index (χ4n) is 5.09. The number of hydrogen-bond acceptors (Lipinski definition) is 7. The molecule has 0 aliphatic carbocycles. The van der Waals surface area contributed by atoms with E-state index in [2.05, 4.69) is 5.32 Å². The molecule has 1 aromatic heterocycles. The van der Waals surface area contributed by atoms with Gasteiger partial charge in [0.1, 0.15) is 42.2 Å². The van der Waals surface area contributed by atoms with E-state index in [9.17, 15) is 24.3 Å². The van der Waals surface area contributed by atoms with Crippen LogP contribution in [0.15, 0.2) is 65.0 Å². The maximum absolute atomic E-state index is 14.4. The van der Waals surface area contributed by atoms with Crippen molar-refractivity contribution in [3.05, 3.63) is 86.6 Å². The van der Waals surface area contributed by atoms with Gasteiger partial charge in [-0.2, -0.15) is 0 Å². The second kappa shape index (κ2) is 12.2. The third-order valence-electron chi connectivity index (χ3n) is 6.90. The van der Waals surface area contributed by atoms with E-state index >= 15 is 0 Å². The number of amides is 3. The van der Waals surface area contributed by atoms with E-state index in [1.165, 1.54) is 28.4 Å². The third kappa shape index (κ3) is 6.73. The molecular weight excluding hydrogens is 592 g/mol. The molecule has 1 fully saturated rings. The Bertz CT molecular complexity index is 1580. The average Bonchev–Trinajstić information content (AvgIpc) is 3.60. The molecule has 5 rings (SSSR count). The van der Waals surface area contributed by atoms with Crippen molar-refractivity contribution in [2.24, 2.45) is 4.99 Å². The van der Waals surface area contributed by atoms with Crippen molar-refractivity contribution in [3.63, 3.8) is 0 Å². The van der Waals surface area contributed by atoms with E-state index < -0.39 is 41.9 Å². The molecule has 2 unspecified atom stereocenters. The molecule has 0 spiro atoms. The summed E-state index contributed by atoms with van der Waals surface area (Å²) in [5, 5.41) is 14.4. The lowest BCUT2D eigenvalue weighted by Crippen LogP contribution is -2.55. The van der Waals surface area contributed by atoms with Crippen LogP contribution in [0.25, 0.3) is 0 Å². The van der Waals surface area contributed by atoms with Gasteiger partial charge in [0.2, 0.25) is 5.91 Å². The Morgan fingerprint density at radius 1 is 1.14 bits per heavy atom. The Morgan fingerprint density at radius 2 is 1.88 bits per heavy atom. The molecule has 3 amide bonds. The Hall–Kier alpha value is -4.22. The molecule has 2 aliphatic heterocycles. The van der Waals surface area contributed by atoms with Crippen molar-refractivity contribution in [1.82, 2.24) is 15.1 Å². The molecule has 3 aromatic rings. The van der Waals surface area contributed by atoms with E-state index in [0.717, 1.165) is 10.4 Å². The highest BCUT2D eigenvalue weighted by molar-refractivity contribution is 7.10. The van der Waals surface area contributed by atoms with Gasteiger partial charge in [0.25, 0.3) is 0 Å². The number of ether oxygens (including phenoxy) is 1. The van der Waals surface area contributed by atoms with E-state index in [4.69, 9.17) is 21.3 Å². The zero-order valence-electron chi connectivity index (χ0n) is 23.9. The predicted octanol–water partition coefficient (Wildman–Crippen LogP) is 5.33. The van der Waals surface area contributed by atoms with Gasteiger partial charge in [-0.25, -0.2) is 4.79 Å². The summed E-state index contributed by atoms with van der Waals surface area (Å²) in [6, 6.07) is 14.3. The SMILES string of the molecule is CC(C)(C)Oc1cc(C(=O)CC(=O)O)ccc1C1=NC(c2ccc(Cl)cc2)C(c2cccs2)N1C(=O)N1CCNC(=O)C1. The van der Waals surface area contributed by atoms with Crippen LogP contribution in [-0.4, -0.2) is 69.7 Å². The number of piperazine rings is 1. The van der Waals surface area contributed by atoms with Crippen molar-refractivity contribution in [3.8, 4) is 5.75 Å². The van der Waals surface area contributed by atoms with Crippen molar-refractivity contribution < 1.29 is 29.0 Å². The minimum atomic E-state index is -1.24. The van der Waals surface area contributed by atoms with Gasteiger partial charge in [-0.3, -0.25) is 24.3 Å². The Balaban J connectivity index is 1.69. The van der Waals surface area contributed by atoms with Gasteiger partial charge in [0, 0.05) is 28.6 Å². The highest BCUT2D eigenvalue weighted by Gasteiger charge is 2.45. The van der Waals surface area contributed by atoms with Crippen LogP contribution in [0.3, 0.4) is 0 Å². The number of hydrogen-bond donors (Lipinski definition) is 2. The molecule has 224 valence electrons. The molecule has 10 nitrogen and oxygen atoms in total. The smallest absolute Gasteiger partial charge is 0.326 e. The second-order valence-electron chi connectivity index (χ2n) is 11.3. The van der Waals surface area contributed by atoms with Crippen LogP contribution in [0.2, 0.25) is 5.02 Å². The highest BCUT2D eigenvalue weighted by Crippen LogP contribution is 2.46. The molecule has 2 aliphatic rings. The molecule has 43 heavy (non-hydrogen) atoms. The van der Waals surface area contributed by atoms with E-state index in [1.807, 2.05) is 50.4 Å². The van der Waals surface area contributed by atoms with Crippen molar-refractivity contribution in [2.45, 2.75) is 44.9 Å². The molecule has 2 N–H and O–H groups in total. The summed E-state index contributed by atoms with van der Waals surface area (Å²) in [5.41, 5.74) is 0.747. The van der Waals surface area contributed by atoms with E-state index in [0.29, 0.717) is 29.5 Å². The van der Waals surface area contributed by atoms with Crippen LogP contribution in [0, 0.1) is 0 Å². The van der Waals surface area contributed by atoms with E-state index in [1.54, 1.807) is 23.1 Å². The number of carboxylic acids is 1. The first-order chi connectivity index (χ1) is 20.4. The molecule has 0 radical (unpaired) electrons. The molecular formula is C31H31ClN4O6S. The summed E-state index contributed by atoms with van der Waals surface area (Å²) < 4.78 is 6.30. The zero-order chi connectivity index (χ0) is 30.9. The number of carbonyl (C=O) groups is 4. The summed E-state index contributed by atoms with van der Waals surface area (Å²) in [7, 11) is 0. The second-order valence-corrected chi connectivity index (χ2v) is 12.7. The number of benzene rings is 2. The molecule has 3 heterocycles. The van der Waals surface area contributed by atoms with Crippen LogP contribution in [-0.2, 0) is 9.59 Å². The zero-order valence-corrected chi connectivity index (χ0v) is 25.4. The Morgan fingerprint density at radius 3 is 2.51 bits per heavy atom. The first-order valence-electron chi connectivity index (χ1n) is 13.7. The molecule has 2 aromatic carbocycles. The molecule has 1 saturated heterocycles.